The maximum absolute atomic E-state index is 12.7. The number of hydrogen-bond acceptors (Lipinski definition) is 4. The first-order chi connectivity index (χ1) is 13.2. The molecule has 0 fully saturated rings. The molecule has 27 heavy (non-hydrogen) atoms. The number of rotatable bonds is 5. The molecule has 134 valence electrons. The molecule has 0 unspecified atom stereocenters. The summed E-state index contributed by atoms with van der Waals surface area (Å²) in [5, 5.41) is 11.0. The summed E-state index contributed by atoms with van der Waals surface area (Å²) in [7, 11) is 0. The number of amides is 1. The summed E-state index contributed by atoms with van der Waals surface area (Å²) in [6.45, 7) is 0. The van der Waals surface area contributed by atoms with Gasteiger partial charge in [0.25, 0.3) is 5.91 Å². The van der Waals surface area contributed by atoms with Gasteiger partial charge in [-0.3, -0.25) is 15.2 Å². The van der Waals surface area contributed by atoms with Crippen LogP contribution in [0.4, 0.5) is 5.13 Å². The Morgan fingerprint density at radius 2 is 1.85 bits per heavy atom. The van der Waals surface area contributed by atoms with Gasteiger partial charge in [0.05, 0.1) is 17.5 Å². The third-order valence-corrected chi connectivity index (χ3v) is 5.32. The van der Waals surface area contributed by atoms with Gasteiger partial charge in [0.2, 0.25) is 0 Å². The third-order valence-electron chi connectivity index (χ3n) is 4.04. The summed E-state index contributed by atoms with van der Waals surface area (Å²) in [5.74, 6) is -0.249. The van der Waals surface area contributed by atoms with E-state index < -0.39 is 0 Å². The molecule has 2 N–H and O–H groups in total. The van der Waals surface area contributed by atoms with Crippen LogP contribution in [0.2, 0.25) is 5.02 Å². The molecule has 0 radical (unpaired) electrons. The van der Waals surface area contributed by atoms with Crippen molar-refractivity contribution < 1.29 is 4.79 Å². The molecule has 7 heteroatoms. The quantitative estimate of drug-likeness (QED) is 0.498. The molecule has 0 aliphatic rings. The van der Waals surface area contributed by atoms with Gasteiger partial charge in [-0.15, -0.1) is 11.3 Å². The predicted octanol–water partition coefficient (Wildman–Crippen LogP) is 5.03. The largest absolute Gasteiger partial charge is 0.298 e. The fourth-order valence-electron chi connectivity index (χ4n) is 2.72. The third kappa shape index (κ3) is 3.92. The normalized spacial score (nSPS) is 10.7. The van der Waals surface area contributed by atoms with Gasteiger partial charge in [-0.05, 0) is 11.6 Å². The van der Waals surface area contributed by atoms with Crippen molar-refractivity contribution in [3.8, 4) is 11.3 Å². The summed E-state index contributed by atoms with van der Waals surface area (Å²) in [6.07, 6.45) is 3.96. The predicted molar refractivity (Wildman–Crippen MR) is 108 cm³/mol. The number of aromatic amines is 1. The summed E-state index contributed by atoms with van der Waals surface area (Å²) < 4.78 is 0. The Kier molecular flexibility index (Phi) is 5.00. The highest BCUT2D eigenvalue weighted by atomic mass is 35.5. The van der Waals surface area contributed by atoms with Crippen LogP contribution in [-0.4, -0.2) is 21.1 Å². The molecule has 2 aromatic carbocycles. The number of nitrogens with one attached hydrogen (secondary N) is 2. The Bertz CT molecular complexity index is 1070. The monoisotopic (exact) mass is 394 g/mol. The Balaban J connectivity index is 1.50. The molecule has 2 aromatic heterocycles. The molecule has 4 aromatic rings. The van der Waals surface area contributed by atoms with Crippen molar-refractivity contribution in [2.24, 2.45) is 0 Å². The standard InChI is InChI=1S/C20H15ClN4OS/c21-17-9-5-4-8-14(17)10-15-11-22-20(27-15)24-19(26)16-12-23-25-18(16)13-6-2-1-3-7-13/h1-9,11-12H,10H2,(H,23,25)(H,22,24,26). The van der Waals surface area contributed by atoms with Crippen molar-refractivity contribution in [2.75, 3.05) is 5.32 Å². The minimum absolute atomic E-state index is 0.249. The highest BCUT2D eigenvalue weighted by Crippen LogP contribution is 2.26. The van der Waals surface area contributed by atoms with E-state index in [1.807, 2.05) is 54.6 Å². The van der Waals surface area contributed by atoms with Crippen molar-refractivity contribution in [1.29, 1.82) is 0 Å². The zero-order valence-electron chi connectivity index (χ0n) is 14.1. The molecular weight excluding hydrogens is 380 g/mol. The second-order valence-electron chi connectivity index (χ2n) is 5.88. The van der Waals surface area contributed by atoms with Gasteiger partial charge >= 0.3 is 0 Å². The highest BCUT2D eigenvalue weighted by Gasteiger charge is 2.16. The zero-order chi connectivity index (χ0) is 18.6. The fraction of sp³-hybridized carbons (Fsp3) is 0.0500. The smallest absolute Gasteiger partial charge is 0.261 e. The van der Waals surface area contributed by atoms with Crippen LogP contribution < -0.4 is 5.32 Å². The van der Waals surface area contributed by atoms with E-state index in [1.165, 1.54) is 17.5 Å². The van der Waals surface area contributed by atoms with Crippen molar-refractivity contribution in [3.63, 3.8) is 0 Å². The zero-order valence-corrected chi connectivity index (χ0v) is 15.7. The van der Waals surface area contributed by atoms with Gasteiger partial charge in [0.15, 0.2) is 5.13 Å². The van der Waals surface area contributed by atoms with Gasteiger partial charge in [0, 0.05) is 28.1 Å². The van der Waals surface area contributed by atoms with Gasteiger partial charge < -0.3 is 0 Å². The van der Waals surface area contributed by atoms with E-state index >= 15 is 0 Å². The first-order valence-electron chi connectivity index (χ1n) is 8.29. The summed E-state index contributed by atoms with van der Waals surface area (Å²) >= 11 is 7.64. The number of carbonyl (C=O) groups excluding carboxylic acids is 1. The molecule has 0 aliphatic heterocycles. The Morgan fingerprint density at radius 3 is 2.67 bits per heavy atom. The Labute approximate surface area is 165 Å². The van der Waals surface area contributed by atoms with E-state index in [0.717, 1.165) is 21.0 Å². The first-order valence-corrected chi connectivity index (χ1v) is 9.48. The lowest BCUT2D eigenvalue weighted by Crippen LogP contribution is -2.11. The summed E-state index contributed by atoms with van der Waals surface area (Å²) in [4.78, 5) is 18.0. The molecule has 5 nitrogen and oxygen atoms in total. The number of benzene rings is 2. The second-order valence-corrected chi connectivity index (χ2v) is 7.40. The minimum atomic E-state index is -0.249. The van der Waals surface area contributed by atoms with Gasteiger partial charge in [-0.25, -0.2) is 4.98 Å². The van der Waals surface area contributed by atoms with Crippen LogP contribution in [0.3, 0.4) is 0 Å². The molecule has 0 spiro atoms. The highest BCUT2D eigenvalue weighted by molar-refractivity contribution is 7.15. The number of halogens is 1. The topological polar surface area (TPSA) is 70.7 Å². The lowest BCUT2D eigenvalue weighted by atomic mass is 10.1. The lowest BCUT2D eigenvalue weighted by Gasteiger charge is -2.03. The van der Waals surface area contributed by atoms with Gasteiger partial charge in [-0.2, -0.15) is 5.10 Å². The van der Waals surface area contributed by atoms with Crippen molar-refractivity contribution in [1.82, 2.24) is 15.2 Å². The second kappa shape index (κ2) is 7.73. The molecule has 0 atom stereocenters. The van der Waals surface area contributed by atoms with Crippen LogP contribution in [0.5, 0.6) is 0 Å². The van der Waals surface area contributed by atoms with E-state index in [2.05, 4.69) is 20.5 Å². The van der Waals surface area contributed by atoms with Crippen LogP contribution in [0, 0.1) is 0 Å². The average Bonchev–Trinajstić information content (AvgIpc) is 3.34. The maximum Gasteiger partial charge on any atom is 0.261 e. The Morgan fingerprint density at radius 1 is 1.07 bits per heavy atom. The van der Waals surface area contributed by atoms with Crippen molar-refractivity contribution in [3.05, 3.63) is 88.0 Å². The Hall–Kier alpha value is -2.96. The van der Waals surface area contributed by atoms with Gasteiger partial charge in [-0.1, -0.05) is 60.1 Å². The van der Waals surface area contributed by atoms with Gasteiger partial charge in [0.1, 0.15) is 0 Å². The summed E-state index contributed by atoms with van der Waals surface area (Å²) in [6, 6.07) is 17.3. The first kappa shape index (κ1) is 17.5. The molecule has 0 saturated heterocycles. The lowest BCUT2D eigenvalue weighted by molar-refractivity contribution is 0.102. The minimum Gasteiger partial charge on any atom is -0.298 e. The molecule has 1 amide bonds. The molecule has 4 rings (SSSR count). The van der Waals surface area contributed by atoms with E-state index in [1.54, 1.807) is 6.20 Å². The van der Waals surface area contributed by atoms with Crippen LogP contribution >= 0.6 is 22.9 Å². The fourth-order valence-corrected chi connectivity index (χ4v) is 3.76. The van der Waals surface area contributed by atoms with Crippen LogP contribution in [-0.2, 0) is 6.42 Å². The van der Waals surface area contributed by atoms with Crippen LogP contribution in [0.15, 0.2) is 67.0 Å². The van der Waals surface area contributed by atoms with Crippen LogP contribution in [0.1, 0.15) is 20.8 Å². The number of aromatic nitrogens is 3. The molecule has 2 heterocycles. The number of carbonyl (C=O) groups is 1. The number of thiazole rings is 1. The number of H-pyrrole nitrogens is 1. The van der Waals surface area contributed by atoms with Crippen molar-refractivity contribution in [2.45, 2.75) is 6.42 Å². The van der Waals surface area contributed by atoms with E-state index in [0.29, 0.717) is 22.8 Å². The van der Waals surface area contributed by atoms with Crippen LogP contribution in [0.25, 0.3) is 11.3 Å². The summed E-state index contributed by atoms with van der Waals surface area (Å²) in [5.41, 5.74) is 3.09. The molecule has 0 bridgehead atoms. The molecule has 0 saturated carbocycles. The SMILES string of the molecule is O=C(Nc1ncc(Cc2ccccc2Cl)s1)c1cn[nH]c1-c1ccccc1. The van der Waals surface area contributed by atoms with E-state index in [-0.39, 0.29) is 5.91 Å². The number of nitrogens with zero attached hydrogens (tertiary/aromatic N) is 2. The molecular formula is C20H15ClN4OS. The average molecular weight is 395 g/mol. The number of anilines is 1. The number of hydrogen-bond donors (Lipinski definition) is 2. The maximum atomic E-state index is 12.7. The molecule has 0 aliphatic carbocycles. The van der Waals surface area contributed by atoms with Crippen molar-refractivity contribution >= 4 is 34.0 Å². The van der Waals surface area contributed by atoms with E-state index in [4.69, 9.17) is 11.6 Å². The van der Waals surface area contributed by atoms with E-state index in [9.17, 15) is 4.79 Å².